The predicted octanol–water partition coefficient (Wildman–Crippen LogP) is 0.360. The Morgan fingerprint density at radius 1 is 0.879 bits per heavy atom. The molecule has 0 unspecified atom stereocenters. The Balaban J connectivity index is 1.98. The SMILES string of the molecule is C[C@H](N)C(=O)Nc1ccc(C#CC#Cc2ccc(C(=O)N[C@H](C(=O)NO)[C@@H](C)O)cc2)cc1. The van der Waals surface area contributed by atoms with Crippen LogP contribution in [0.2, 0.25) is 0 Å². The van der Waals surface area contributed by atoms with Crippen LogP contribution in [0.25, 0.3) is 0 Å². The predicted molar refractivity (Wildman–Crippen MR) is 122 cm³/mol. The molecule has 2 aromatic carbocycles. The van der Waals surface area contributed by atoms with Gasteiger partial charge < -0.3 is 21.5 Å². The summed E-state index contributed by atoms with van der Waals surface area (Å²) in [5.74, 6) is 9.40. The molecule has 2 aromatic rings. The molecule has 9 heteroatoms. The van der Waals surface area contributed by atoms with Gasteiger partial charge in [-0.05, 0) is 74.2 Å². The number of carbonyl (C=O) groups excluding carboxylic acids is 3. The molecule has 0 spiro atoms. The molecule has 0 fully saturated rings. The van der Waals surface area contributed by atoms with Crippen LogP contribution in [0.1, 0.15) is 35.3 Å². The molecule has 0 saturated carbocycles. The Morgan fingerprint density at radius 2 is 1.39 bits per heavy atom. The van der Waals surface area contributed by atoms with Crippen molar-refractivity contribution in [3.05, 3.63) is 65.2 Å². The third kappa shape index (κ3) is 7.80. The average molecular weight is 448 g/mol. The highest BCUT2D eigenvalue weighted by Gasteiger charge is 2.25. The fourth-order valence-electron chi connectivity index (χ4n) is 2.50. The van der Waals surface area contributed by atoms with Gasteiger partial charge in [0.25, 0.3) is 11.8 Å². The molecule has 0 saturated heterocycles. The molecular weight excluding hydrogens is 424 g/mol. The zero-order chi connectivity index (χ0) is 24.4. The van der Waals surface area contributed by atoms with Crippen LogP contribution in [0.15, 0.2) is 48.5 Å². The lowest BCUT2D eigenvalue weighted by Crippen LogP contribution is -2.51. The number of aliphatic hydroxyl groups is 1. The summed E-state index contributed by atoms with van der Waals surface area (Å²) in [5.41, 5.74) is 9.12. The van der Waals surface area contributed by atoms with E-state index in [0.29, 0.717) is 11.3 Å². The Labute approximate surface area is 191 Å². The number of nitrogens with two attached hydrogens (primary N) is 1. The standard InChI is InChI=1S/C24H24N4O5/c1-15(25)22(30)26-20-13-9-18(10-14-20)6-4-3-5-17-7-11-19(12-8-17)23(31)27-21(16(2)29)24(32)28-33/h7-16,21,29,33H,25H2,1-2H3,(H,26,30)(H,27,31)(H,28,32)/t15-,16+,21-/m0/s1. The molecule has 0 bridgehead atoms. The maximum absolute atomic E-state index is 12.3. The van der Waals surface area contributed by atoms with E-state index in [1.54, 1.807) is 43.3 Å². The summed E-state index contributed by atoms with van der Waals surface area (Å²) in [6.07, 6.45) is -1.20. The molecule has 3 amide bonds. The van der Waals surface area contributed by atoms with E-state index < -0.39 is 30.0 Å². The van der Waals surface area contributed by atoms with Gasteiger partial charge >= 0.3 is 0 Å². The van der Waals surface area contributed by atoms with Gasteiger partial charge in [0.15, 0.2) is 0 Å². The van der Waals surface area contributed by atoms with Crippen LogP contribution in [0.5, 0.6) is 0 Å². The van der Waals surface area contributed by atoms with Crippen molar-refractivity contribution in [1.82, 2.24) is 10.8 Å². The van der Waals surface area contributed by atoms with Crippen LogP contribution in [-0.4, -0.2) is 46.2 Å². The molecule has 0 aliphatic heterocycles. The second kappa shape index (κ2) is 12.0. The minimum Gasteiger partial charge on any atom is -0.391 e. The Hall–Kier alpha value is -4.15. The first kappa shape index (κ1) is 25.1. The summed E-state index contributed by atoms with van der Waals surface area (Å²) in [4.78, 5) is 35.3. The molecular formula is C24H24N4O5. The molecule has 33 heavy (non-hydrogen) atoms. The van der Waals surface area contributed by atoms with Gasteiger partial charge in [0.1, 0.15) is 6.04 Å². The molecule has 0 aromatic heterocycles. The highest BCUT2D eigenvalue weighted by atomic mass is 16.5. The zero-order valence-electron chi connectivity index (χ0n) is 18.0. The number of carbonyl (C=O) groups is 3. The largest absolute Gasteiger partial charge is 0.391 e. The maximum Gasteiger partial charge on any atom is 0.268 e. The summed E-state index contributed by atoms with van der Waals surface area (Å²) >= 11 is 0. The fraction of sp³-hybridized carbons (Fsp3) is 0.208. The molecule has 3 atom stereocenters. The van der Waals surface area contributed by atoms with Crippen LogP contribution in [0, 0.1) is 23.7 Å². The molecule has 0 aliphatic carbocycles. The van der Waals surface area contributed by atoms with Gasteiger partial charge in [-0.15, -0.1) is 0 Å². The summed E-state index contributed by atoms with van der Waals surface area (Å²) in [6, 6.07) is 11.3. The van der Waals surface area contributed by atoms with E-state index in [4.69, 9.17) is 10.9 Å². The second-order valence-electron chi connectivity index (χ2n) is 7.10. The van der Waals surface area contributed by atoms with E-state index >= 15 is 0 Å². The summed E-state index contributed by atoms with van der Waals surface area (Å²) in [7, 11) is 0. The smallest absolute Gasteiger partial charge is 0.268 e. The first-order valence-electron chi connectivity index (χ1n) is 9.92. The van der Waals surface area contributed by atoms with Gasteiger partial charge in [-0.3, -0.25) is 19.6 Å². The van der Waals surface area contributed by atoms with E-state index in [2.05, 4.69) is 34.3 Å². The minimum absolute atomic E-state index is 0.249. The van der Waals surface area contributed by atoms with Crippen molar-refractivity contribution < 1.29 is 24.7 Å². The number of hydroxylamine groups is 1. The number of rotatable bonds is 6. The summed E-state index contributed by atoms with van der Waals surface area (Å²) in [6.45, 7) is 2.91. The van der Waals surface area contributed by atoms with Gasteiger partial charge in [0.2, 0.25) is 5.91 Å². The number of aliphatic hydroxyl groups excluding tert-OH is 1. The van der Waals surface area contributed by atoms with Crippen LogP contribution < -0.4 is 21.8 Å². The van der Waals surface area contributed by atoms with Crippen LogP contribution in [-0.2, 0) is 9.59 Å². The highest BCUT2D eigenvalue weighted by molar-refractivity contribution is 5.97. The number of anilines is 1. The lowest BCUT2D eigenvalue weighted by Gasteiger charge is -2.19. The molecule has 7 N–H and O–H groups in total. The summed E-state index contributed by atoms with van der Waals surface area (Å²) < 4.78 is 0. The molecule has 2 rings (SSSR count). The van der Waals surface area contributed by atoms with E-state index in [9.17, 15) is 19.5 Å². The first-order chi connectivity index (χ1) is 15.7. The van der Waals surface area contributed by atoms with E-state index in [0.717, 1.165) is 5.56 Å². The quantitative estimate of drug-likeness (QED) is 0.213. The van der Waals surface area contributed by atoms with E-state index in [1.165, 1.54) is 24.5 Å². The maximum atomic E-state index is 12.3. The minimum atomic E-state index is -1.30. The van der Waals surface area contributed by atoms with Crippen molar-refractivity contribution in [2.45, 2.75) is 32.0 Å². The van der Waals surface area contributed by atoms with Crippen molar-refractivity contribution in [3.63, 3.8) is 0 Å². The van der Waals surface area contributed by atoms with Crippen LogP contribution in [0.3, 0.4) is 0 Å². The van der Waals surface area contributed by atoms with Gasteiger partial charge in [-0.1, -0.05) is 11.8 Å². The number of nitrogens with one attached hydrogen (secondary N) is 3. The Morgan fingerprint density at radius 3 is 1.85 bits per heavy atom. The third-order valence-electron chi connectivity index (χ3n) is 4.35. The number of hydrogen-bond acceptors (Lipinski definition) is 6. The van der Waals surface area contributed by atoms with Crippen molar-refractivity contribution in [2.75, 3.05) is 5.32 Å². The Kier molecular flexibility index (Phi) is 9.16. The lowest BCUT2D eigenvalue weighted by atomic mass is 10.1. The molecule has 0 radical (unpaired) electrons. The molecule has 9 nitrogen and oxygen atoms in total. The molecule has 0 aliphatic rings. The Bertz CT molecular complexity index is 1120. The normalized spacial score (nSPS) is 12.5. The fourth-order valence-corrected chi connectivity index (χ4v) is 2.50. The summed E-state index contributed by atoms with van der Waals surface area (Å²) in [5, 5.41) is 23.3. The van der Waals surface area contributed by atoms with Crippen molar-refractivity contribution in [1.29, 1.82) is 0 Å². The van der Waals surface area contributed by atoms with Crippen molar-refractivity contribution in [2.24, 2.45) is 5.73 Å². The van der Waals surface area contributed by atoms with Gasteiger partial charge in [0, 0.05) is 22.4 Å². The van der Waals surface area contributed by atoms with Gasteiger partial charge in [0.05, 0.1) is 12.1 Å². The molecule has 170 valence electrons. The van der Waals surface area contributed by atoms with Crippen molar-refractivity contribution in [3.8, 4) is 23.7 Å². The van der Waals surface area contributed by atoms with Crippen LogP contribution >= 0.6 is 0 Å². The zero-order valence-corrected chi connectivity index (χ0v) is 18.0. The topological polar surface area (TPSA) is 154 Å². The molecule has 0 heterocycles. The second-order valence-corrected chi connectivity index (χ2v) is 7.10. The van der Waals surface area contributed by atoms with Gasteiger partial charge in [-0.25, -0.2) is 5.48 Å². The first-order valence-corrected chi connectivity index (χ1v) is 9.92. The number of benzene rings is 2. The lowest BCUT2D eigenvalue weighted by molar-refractivity contribution is -0.133. The van der Waals surface area contributed by atoms with E-state index in [-0.39, 0.29) is 11.5 Å². The average Bonchev–Trinajstić information content (AvgIpc) is 2.80. The number of amides is 3. The highest BCUT2D eigenvalue weighted by Crippen LogP contribution is 2.09. The van der Waals surface area contributed by atoms with Crippen LogP contribution in [0.4, 0.5) is 5.69 Å². The van der Waals surface area contributed by atoms with E-state index in [1.807, 2.05) is 0 Å². The monoisotopic (exact) mass is 448 g/mol. The van der Waals surface area contributed by atoms with Crippen molar-refractivity contribution >= 4 is 23.4 Å². The third-order valence-corrected chi connectivity index (χ3v) is 4.35. The van der Waals surface area contributed by atoms with Gasteiger partial charge in [-0.2, -0.15) is 0 Å². The number of hydrogen-bond donors (Lipinski definition) is 6.